The third kappa shape index (κ3) is 8.08. The lowest BCUT2D eigenvalue weighted by atomic mass is 10.0. The molecule has 0 amide bonds. The first kappa shape index (κ1) is 30.7. The molecule has 3 aromatic rings. The Morgan fingerprint density at radius 1 is 1.05 bits per heavy atom. The SMILES string of the molecule is CC(OCC(c1ccc(F)cc1)N(CCO)Cc1nn(PO)c(=O)[nH]1)c1cc(C(F)(F)F)cc(C(F)(F)F)c1. The lowest BCUT2D eigenvalue weighted by Gasteiger charge is -2.32. The summed E-state index contributed by atoms with van der Waals surface area (Å²) in [5.74, 6) is -0.459. The summed E-state index contributed by atoms with van der Waals surface area (Å²) in [5.41, 5.74) is -3.57. The van der Waals surface area contributed by atoms with Crippen LogP contribution < -0.4 is 5.69 Å². The molecule has 0 aliphatic rings. The maximum absolute atomic E-state index is 13.6. The van der Waals surface area contributed by atoms with E-state index in [1.54, 1.807) is 4.90 Å². The summed E-state index contributed by atoms with van der Waals surface area (Å²) in [6.07, 6.45) is -11.3. The maximum atomic E-state index is 13.6. The van der Waals surface area contributed by atoms with Crippen LogP contribution in [0.4, 0.5) is 30.7 Å². The topological polar surface area (TPSA) is 104 Å². The monoisotopic (exact) mass is 584 g/mol. The molecule has 3 unspecified atom stereocenters. The number of aliphatic hydroxyl groups is 1. The molecule has 0 fully saturated rings. The van der Waals surface area contributed by atoms with Crippen molar-refractivity contribution in [3.8, 4) is 0 Å². The van der Waals surface area contributed by atoms with E-state index in [1.165, 1.54) is 19.1 Å². The number of benzene rings is 2. The maximum Gasteiger partial charge on any atom is 0.416 e. The van der Waals surface area contributed by atoms with Gasteiger partial charge in [0, 0.05) is 6.54 Å². The average Bonchev–Trinajstić information content (AvgIpc) is 3.22. The molecule has 2 aromatic carbocycles. The highest BCUT2D eigenvalue weighted by Gasteiger charge is 2.37. The molecule has 3 rings (SSSR count). The largest absolute Gasteiger partial charge is 0.416 e. The Bertz CT molecular complexity index is 1260. The first-order valence-corrected chi connectivity index (χ1v) is 12.2. The number of hydrogen-bond donors (Lipinski definition) is 3. The van der Waals surface area contributed by atoms with Gasteiger partial charge in [0.1, 0.15) is 20.6 Å². The highest BCUT2D eigenvalue weighted by Crippen LogP contribution is 2.38. The van der Waals surface area contributed by atoms with E-state index in [1.807, 2.05) is 0 Å². The van der Waals surface area contributed by atoms with Gasteiger partial charge in [-0.25, -0.2) is 9.18 Å². The van der Waals surface area contributed by atoms with Gasteiger partial charge in [-0.15, -0.1) is 5.10 Å². The number of nitrogens with one attached hydrogen (secondary N) is 1. The molecule has 0 bridgehead atoms. The van der Waals surface area contributed by atoms with E-state index >= 15 is 0 Å². The van der Waals surface area contributed by atoms with Gasteiger partial charge >= 0.3 is 18.0 Å². The third-order valence-corrected chi connectivity index (χ3v) is 6.27. The molecular formula is C23H24F7N4O4P. The predicted molar refractivity (Wildman–Crippen MR) is 126 cm³/mol. The highest BCUT2D eigenvalue weighted by atomic mass is 31.1. The molecule has 0 aliphatic carbocycles. The number of H-pyrrole nitrogens is 1. The quantitative estimate of drug-likeness (QED) is 0.228. The number of rotatable bonds is 11. The van der Waals surface area contributed by atoms with Crippen molar-refractivity contribution in [1.29, 1.82) is 0 Å². The van der Waals surface area contributed by atoms with Gasteiger partial charge in [0.05, 0.1) is 43.0 Å². The van der Waals surface area contributed by atoms with Crippen LogP contribution in [0.2, 0.25) is 0 Å². The number of ether oxygens (including phenoxy) is 1. The summed E-state index contributed by atoms with van der Waals surface area (Å²) in [6.45, 7) is 0.460. The first-order valence-electron chi connectivity index (χ1n) is 11.3. The summed E-state index contributed by atoms with van der Waals surface area (Å²) in [5, 5.41) is 13.6. The summed E-state index contributed by atoms with van der Waals surface area (Å²) < 4.78 is 99.9. The zero-order chi connectivity index (χ0) is 29.0. The second kappa shape index (κ2) is 12.6. The lowest BCUT2D eigenvalue weighted by Crippen LogP contribution is -2.34. The molecule has 3 atom stereocenters. The van der Waals surface area contributed by atoms with Crippen LogP contribution in [0.3, 0.4) is 0 Å². The molecule has 0 saturated carbocycles. The third-order valence-electron chi connectivity index (χ3n) is 5.78. The van der Waals surface area contributed by atoms with Gasteiger partial charge in [0.25, 0.3) is 0 Å². The minimum Gasteiger partial charge on any atom is -0.395 e. The van der Waals surface area contributed by atoms with Gasteiger partial charge in [-0.1, -0.05) is 12.1 Å². The average molecular weight is 584 g/mol. The number of nitrogens with zero attached hydrogens (tertiary/aromatic N) is 3. The molecule has 3 N–H and O–H groups in total. The van der Waals surface area contributed by atoms with E-state index in [0.717, 1.165) is 16.6 Å². The second-order valence-corrected chi connectivity index (χ2v) is 9.09. The van der Waals surface area contributed by atoms with Crippen LogP contribution in [0.1, 0.15) is 47.1 Å². The van der Waals surface area contributed by atoms with E-state index < -0.39 is 56.1 Å². The smallest absolute Gasteiger partial charge is 0.395 e. The fraction of sp³-hybridized carbons (Fsp3) is 0.391. The fourth-order valence-corrected chi connectivity index (χ4v) is 4.13. The zero-order valence-corrected chi connectivity index (χ0v) is 21.2. The van der Waals surface area contributed by atoms with Gasteiger partial charge < -0.3 is 14.7 Å². The molecule has 0 spiro atoms. The predicted octanol–water partition coefficient (Wildman–Crippen LogP) is 4.41. The van der Waals surface area contributed by atoms with Crippen LogP contribution in [0, 0.1) is 5.82 Å². The van der Waals surface area contributed by atoms with Crippen molar-refractivity contribution in [2.24, 2.45) is 0 Å². The molecule has 0 radical (unpaired) electrons. The first-order chi connectivity index (χ1) is 18.2. The minimum absolute atomic E-state index is 0.0212. The van der Waals surface area contributed by atoms with E-state index in [2.05, 4.69) is 10.1 Å². The minimum atomic E-state index is -5.03. The molecule has 16 heteroatoms. The molecular weight excluding hydrogens is 560 g/mol. The number of hydrogen-bond acceptors (Lipinski definition) is 6. The lowest BCUT2D eigenvalue weighted by molar-refractivity contribution is -0.143. The number of aromatic amines is 1. The summed E-state index contributed by atoms with van der Waals surface area (Å²) in [6, 6.07) is 5.47. The molecule has 1 aromatic heterocycles. The Labute approximate surface area is 218 Å². The van der Waals surface area contributed by atoms with Crippen molar-refractivity contribution in [2.75, 3.05) is 19.8 Å². The van der Waals surface area contributed by atoms with Gasteiger partial charge in [-0.05, 0) is 48.4 Å². The van der Waals surface area contributed by atoms with Gasteiger partial charge in [0.15, 0.2) is 0 Å². The Hall–Kier alpha value is -2.84. The van der Waals surface area contributed by atoms with E-state index in [4.69, 9.17) is 4.74 Å². The normalized spacial score (nSPS) is 14.4. The second-order valence-electron chi connectivity index (χ2n) is 8.46. The number of alkyl halides is 6. The fourth-order valence-electron chi connectivity index (χ4n) is 3.82. The molecule has 8 nitrogen and oxygen atoms in total. The van der Waals surface area contributed by atoms with Crippen molar-refractivity contribution >= 4 is 8.96 Å². The Morgan fingerprint density at radius 2 is 1.64 bits per heavy atom. The van der Waals surface area contributed by atoms with Crippen LogP contribution in [0.25, 0.3) is 0 Å². The van der Waals surface area contributed by atoms with Gasteiger partial charge in [0.2, 0.25) is 0 Å². The van der Waals surface area contributed by atoms with Crippen LogP contribution in [-0.2, 0) is 23.6 Å². The van der Waals surface area contributed by atoms with Crippen LogP contribution in [-0.4, -0.2) is 49.2 Å². The van der Waals surface area contributed by atoms with Gasteiger partial charge in [-0.3, -0.25) is 9.88 Å². The summed E-state index contributed by atoms with van der Waals surface area (Å²) >= 11 is 0. The van der Waals surface area contributed by atoms with Crippen LogP contribution in [0.15, 0.2) is 47.3 Å². The van der Waals surface area contributed by atoms with E-state index in [0.29, 0.717) is 17.7 Å². The number of aliphatic hydroxyl groups excluding tert-OH is 1. The molecule has 0 aliphatic heterocycles. The van der Waals surface area contributed by atoms with Gasteiger partial charge in [-0.2, -0.15) is 30.8 Å². The van der Waals surface area contributed by atoms with Crippen molar-refractivity contribution in [3.05, 3.63) is 86.8 Å². The Kier molecular flexibility index (Phi) is 9.88. The molecule has 0 saturated heterocycles. The van der Waals surface area contributed by atoms with Crippen LogP contribution >= 0.6 is 8.96 Å². The standard InChI is InChI=1S/C23H24F7N4O4P/c1-13(15-8-16(22(25,26)27)10-17(9-15)23(28,29)30)38-12-19(14-2-4-18(24)5-3-14)33(6-7-35)11-20-31-21(36)34(32-20)39-37/h2-5,8-10,13,19,35,37,39H,6-7,11-12H2,1H3,(H,31,32,36). The van der Waals surface area contributed by atoms with Crippen molar-refractivity contribution < 1.29 is 45.5 Å². The van der Waals surface area contributed by atoms with E-state index in [-0.39, 0.29) is 43.8 Å². The molecule has 39 heavy (non-hydrogen) atoms. The van der Waals surface area contributed by atoms with Crippen molar-refractivity contribution in [3.63, 3.8) is 0 Å². The zero-order valence-electron chi connectivity index (χ0n) is 20.2. The summed E-state index contributed by atoms with van der Waals surface area (Å²) in [7, 11) is -0.949. The molecule has 1 heterocycles. The Morgan fingerprint density at radius 3 is 2.13 bits per heavy atom. The summed E-state index contributed by atoms with van der Waals surface area (Å²) in [4.78, 5) is 25.1. The van der Waals surface area contributed by atoms with E-state index in [9.17, 15) is 45.5 Å². The van der Waals surface area contributed by atoms with Crippen molar-refractivity contribution in [2.45, 2.75) is 38.0 Å². The van der Waals surface area contributed by atoms with Crippen LogP contribution in [0.5, 0.6) is 0 Å². The number of halogens is 7. The molecule has 214 valence electrons. The Balaban J connectivity index is 1.93. The number of aromatic nitrogens is 3. The highest BCUT2D eigenvalue weighted by molar-refractivity contribution is 7.28. The van der Waals surface area contributed by atoms with Crippen molar-refractivity contribution in [1.82, 2.24) is 19.4 Å².